The molecule has 0 amide bonds. The van der Waals surface area contributed by atoms with Gasteiger partial charge in [0.1, 0.15) is 0 Å². The van der Waals surface area contributed by atoms with Crippen LogP contribution >= 0.6 is 40.8 Å². The van der Waals surface area contributed by atoms with E-state index in [1.807, 2.05) is 0 Å². The summed E-state index contributed by atoms with van der Waals surface area (Å²) in [6, 6.07) is 1.07. The molecule has 0 bridgehead atoms. The van der Waals surface area contributed by atoms with E-state index in [1.165, 1.54) is 51.4 Å². The van der Waals surface area contributed by atoms with Crippen molar-refractivity contribution >= 4 is 40.8 Å². The second-order valence-corrected chi connectivity index (χ2v) is 10.2. The van der Waals surface area contributed by atoms with Crippen LogP contribution in [0.5, 0.6) is 0 Å². The Balaban J connectivity index is -0.0000000712. The minimum atomic E-state index is 0.250. The van der Waals surface area contributed by atoms with Gasteiger partial charge in [-0.3, -0.25) is 0 Å². The zero-order valence-corrected chi connectivity index (χ0v) is 38.4. The first kappa shape index (κ1) is 72.3. The first-order chi connectivity index (χ1) is 25.4. The van der Waals surface area contributed by atoms with Crippen molar-refractivity contribution in [3.63, 3.8) is 0 Å². The van der Waals surface area contributed by atoms with E-state index in [0.29, 0.717) is 0 Å². The molecule has 0 saturated carbocycles. The molecule has 0 aliphatic carbocycles. The Morgan fingerprint density at radius 1 is 0.346 bits per heavy atom. The number of aliphatic hydroxyl groups is 8. The van der Waals surface area contributed by atoms with Gasteiger partial charge >= 0.3 is 99.1 Å². The van der Waals surface area contributed by atoms with Crippen molar-refractivity contribution in [2.45, 2.75) is 129 Å². The van der Waals surface area contributed by atoms with Gasteiger partial charge in [0, 0.05) is 52.9 Å². The van der Waals surface area contributed by atoms with Crippen molar-refractivity contribution in [2.24, 2.45) is 0 Å². The molecule has 0 aromatic carbocycles. The van der Waals surface area contributed by atoms with E-state index in [1.54, 1.807) is 27.7 Å². The summed E-state index contributed by atoms with van der Waals surface area (Å²) in [4.78, 5) is 0. The van der Waals surface area contributed by atoms with E-state index in [-0.39, 0.29) is 77.0 Å². The van der Waals surface area contributed by atoms with Gasteiger partial charge in [0.2, 0.25) is 0 Å². The number of aliphatic hydroxyl groups excluding tert-OH is 8. The third-order valence-corrected chi connectivity index (χ3v) is 6.17. The second kappa shape index (κ2) is 81.8. The molecule has 0 spiro atoms. The average molecular weight is 1020 g/mol. The molecule has 4 aliphatic rings. The number of halogens is 4. The molecular weight excluding hydrogens is 945 g/mol. The Labute approximate surface area is 366 Å². The first-order valence-electron chi connectivity index (χ1n) is 17.4. The predicted octanol–water partition coefficient (Wildman–Crippen LogP) is 6.36. The molecule has 4 fully saturated rings. The third-order valence-electron chi connectivity index (χ3n) is 6.17. The summed E-state index contributed by atoms with van der Waals surface area (Å²) in [6.07, 6.45) is 14.2. The van der Waals surface area contributed by atoms with Crippen molar-refractivity contribution in [1.82, 2.24) is 0 Å². The molecule has 12 nitrogen and oxygen atoms in total. The molecule has 4 aliphatic heterocycles. The molecule has 52 heavy (non-hydrogen) atoms. The van der Waals surface area contributed by atoms with Crippen molar-refractivity contribution in [3.8, 4) is 0 Å². The number of hydrogen-bond acceptors (Lipinski definition) is 8. The van der Waals surface area contributed by atoms with Crippen molar-refractivity contribution in [1.29, 1.82) is 0 Å². The Morgan fingerprint density at radius 3 is 0.538 bits per heavy atom. The normalized spacial score (nSPS) is 20.6. The number of nitrogens with zero attached hydrogens (tertiary/aromatic N) is 4. The summed E-state index contributed by atoms with van der Waals surface area (Å²) >= 11 is 13.4. The van der Waals surface area contributed by atoms with Gasteiger partial charge < -0.3 is 62.1 Å². The van der Waals surface area contributed by atoms with Crippen LogP contribution in [0.4, 0.5) is 0 Å². The monoisotopic (exact) mass is 1010 g/mol. The van der Waals surface area contributed by atoms with Crippen molar-refractivity contribution in [3.05, 3.63) is 21.3 Å². The van der Waals surface area contributed by atoms with E-state index in [0.717, 1.165) is 51.9 Å². The summed E-state index contributed by atoms with van der Waals surface area (Å²) in [5.41, 5.74) is 0. The zero-order valence-electron chi connectivity index (χ0n) is 31.4. The van der Waals surface area contributed by atoms with Crippen LogP contribution in [0, 0.1) is 0 Å². The van der Waals surface area contributed by atoms with Crippen LogP contribution in [0.15, 0.2) is 0 Å². The maximum atomic E-state index is 8.60. The van der Waals surface area contributed by atoms with Crippen LogP contribution in [-0.4, -0.2) is 144 Å². The molecule has 4 heterocycles. The Bertz CT molecular complexity index is 410. The first-order valence-corrected chi connectivity index (χ1v) is 22.8. The fourth-order valence-corrected chi connectivity index (χ4v) is 4.02. The van der Waals surface area contributed by atoms with E-state index in [9.17, 15) is 0 Å². The molecule has 340 valence electrons. The van der Waals surface area contributed by atoms with Gasteiger partial charge in [-0.15, -0.1) is 50.3 Å². The summed E-state index contributed by atoms with van der Waals surface area (Å²) < 4.78 is 0. The van der Waals surface area contributed by atoms with Crippen molar-refractivity contribution in [2.75, 3.05) is 79.0 Å². The van der Waals surface area contributed by atoms with E-state index >= 15 is 0 Å². The van der Waals surface area contributed by atoms with Gasteiger partial charge in [0.15, 0.2) is 0 Å². The molecule has 0 radical (unpaired) electrons. The van der Waals surface area contributed by atoms with E-state index < -0.39 is 0 Å². The van der Waals surface area contributed by atoms with Gasteiger partial charge in [-0.2, -0.15) is 0 Å². The average Bonchev–Trinajstić information content (AvgIpc) is 3.24. The number of hydrogen-bond donors (Lipinski definition) is 8. The van der Waals surface area contributed by atoms with Gasteiger partial charge in [0.05, 0.1) is 0 Å². The van der Waals surface area contributed by atoms with Gasteiger partial charge in [-0.05, 0) is 27.7 Å². The Morgan fingerprint density at radius 2 is 0.481 bits per heavy atom. The maximum absolute atomic E-state index is 8.60. The number of rotatable bonds is 4. The SMILES string of the molecule is CCO.CCO.CCO.CCO.OCC1CCCC[N-]1.OCC1CCCC[N-]1.OCC1CCCC[N-]1.OCC1CCCC[N-]1.[Cl][Ni].[Cl][Ni].[Cl][Ni].[Cl][Ni]. The van der Waals surface area contributed by atoms with Crippen LogP contribution in [0.3, 0.4) is 0 Å². The molecule has 4 saturated heterocycles. The van der Waals surface area contributed by atoms with Crippen LogP contribution in [-0.2, 0) is 58.3 Å². The molecule has 20 heteroatoms. The fourth-order valence-electron chi connectivity index (χ4n) is 4.02. The Kier molecular flexibility index (Phi) is 114. The fraction of sp³-hybridized carbons (Fsp3) is 1.00. The van der Waals surface area contributed by atoms with E-state index in [2.05, 4.69) is 120 Å². The van der Waals surface area contributed by atoms with Crippen LogP contribution in [0.1, 0.15) is 105 Å². The molecule has 0 aromatic rings. The molecule has 4 rings (SSSR count). The topological polar surface area (TPSA) is 218 Å². The standard InChI is InChI=1S/4C6H12NO.4C2H6O.4ClH.4Ni/c4*8-5-6-3-1-2-4-7-6;4*1-2-3;;;;;;;;/h4*6,8H,1-5H2;4*3H,2H2,1H3;4*1H;;;;/q4*-1;;;;;;;;;4*+1/p-4. The summed E-state index contributed by atoms with van der Waals surface area (Å²) in [5, 5.41) is 81.5. The molecular formula is C32H72Cl4N4Ni4O8-4. The predicted molar refractivity (Wildman–Crippen MR) is 206 cm³/mol. The Hall–Kier alpha value is 2.65. The van der Waals surface area contributed by atoms with Gasteiger partial charge in [-0.1, -0.05) is 77.0 Å². The molecule has 0 aromatic heterocycles. The van der Waals surface area contributed by atoms with Gasteiger partial charge in [0.25, 0.3) is 0 Å². The summed E-state index contributed by atoms with van der Waals surface area (Å²) in [7, 11) is 17.1. The summed E-state index contributed by atoms with van der Waals surface area (Å²) in [6.45, 7) is 12.6. The third kappa shape index (κ3) is 77.2. The van der Waals surface area contributed by atoms with Gasteiger partial charge in [-0.25, -0.2) is 0 Å². The minimum absolute atomic E-state index is 0.250. The second-order valence-electron chi connectivity index (χ2n) is 10.2. The van der Waals surface area contributed by atoms with Crippen molar-refractivity contribution < 1.29 is 99.1 Å². The van der Waals surface area contributed by atoms with Crippen LogP contribution in [0.2, 0.25) is 0 Å². The summed E-state index contributed by atoms with van der Waals surface area (Å²) in [5.74, 6) is 0. The number of piperidine rings is 4. The van der Waals surface area contributed by atoms with E-state index in [4.69, 9.17) is 40.9 Å². The molecule has 4 atom stereocenters. The zero-order chi connectivity index (χ0) is 42.1. The molecule has 4 unspecified atom stereocenters. The molecule has 8 N–H and O–H groups in total. The quantitative estimate of drug-likeness (QED) is 0.148. The van der Waals surface area contributed by atoms with Crippen LogP contribution < -0.4 is 0 Å². The van der Waals surface area contributed by atoms with Crippen LogP contribution in [0.25, 0.3) is 21.3 Å².